The van der Waals surface area contributed by atoms with E-state index in [1.54, 1.807) is 0 Å². The largest absolute Gasteiger partial charge is 0.491 e. The fraction of sp³-hybridized carbons (Fsp3) is 0.562. The van der Waals surface area contributed by atoms with E-state index in [2.05, 4.69) is 69.3 Å². The molecule has 194 valence electrons. The Kier molecular flexibility index (Phi) is 8.03. The molecule has 2 aliphatic heterocycles. The summed E-state index contributed by atoms with van der Waals surface area (Å²) in [6.07, 6.45) is 11.2. The van der Waals surface area contributed by atoms with Crippen molar-refractivity contribution in [1.29, 1.82) is 0 Å². The highest BCUT2D eigenvalue weighted by atomic mass is 16.6. The molecule has 2 fully saturated rings. The molecule has 0 saturated carbocycles. The minimum atomic E-state index is 0.0815. The summed E-state index contributed by atoms with van der Waals surface area (Å²) in [5, 5.41) is 0. The van der Waals surface area contributed by atoms with Gasteiger partial charge in [0.1, 0.15) is 36.9 Å². The standard InChI is InChI=1S/C32H42O4/c1-4-5-6-18-32(2,3)30-9-7-8-29(31(30)36-22-28-21-35-28)25-12-10-23(11-13-25)24-14-16-26(17-15-24)33-19-27-20-34-27/h7-9,12,14-17,23,27-28H,4-6,10-11,13,18-22H2,1-3H3. The third-order valence-electron chi connectivity index (χ3n) is 7.91. The molecule has 0 spiro atoms. The number of hydrogen-bond donors (Lipinski definition) is 0. The van der Waals surface area contributed by atoms with Crippen LogP contribution in [0.5, 0.6) is 11.5 Å². The quantitative estimate of drug-likeness (QED) is 0.216. The van der Waals surface area contributed by atoms with E-state index in [0.717, 1.165) is 44.0 Å². The van der Waals surface area contributed by atoms with Gasteiger partial charge >= 0.3 is 0 Å². The topological polar surface area (TPSA) is 43.5 Å². The summed E-state index contributed by atoms with van der Waals surface area (Å²) in [7, 11) is 0. The van der Waals surface area contributed by atoms with Gasteiger partial charge in [0.25, 0.3) is 0 Å². The molecule has 4 nitrogen and oxygen atoms in total. The molecular formula is C32H42O4. The molecule has 2 heterocycles. The summed E-state index contributed by atoms with van der Waals surface area (Å²) in [6, 6.07) is 15.4. The van der Waals surface area contributed by atoms with Crippen molar-refractivity contribution in [1.82, 2.24) is 0 Å². The second-order valence-corrected chi connectivity index (χ2v) is 11.3. The third-order valence-corrected chi connectivity index (χ3v) is 7.91. The summed E-state index contributed by atoms with van der Waals surface area (Å²) >= 11 is 0. The van der Waals surface area contributed by atoms with Gasteiger partial charge in [-0.05, 0) is 60.3 Å². The van der Waals surface area contributed by atoms with Crippen LogP contribution in [0.25, 0.3) is 5.57 Å². The average Bonchev–Trinajstić information content (AvgIpc) is 3.82. The predicted molar refractivity (Wildman–Crippen MR) is 145 cm³/mol. The highest BCUT2D eigenvalue weighted by Crippen LogP contribution is 2.44. The van der Waals surface area contributed by atoms with Crippen LogP contribution in [0.1, 0.15) is 88.3 Å². The molecule has 36 heavy (non-hydrogen) atoms. The number of allylic oxidation sites excluding steroid dienone is 2. The third kappa shape index (κ3) is 6.52. The van der Waals surface area contributed by atoms with Crippen LogP contribution < -0.4 is 9.47 Å². The van der Waals surface area contributed by atoms with E-state index in [1.165, 1.54) is 47.9 Å². The molecule has 2 aromatic carbocycles. The first kappa shape index (κ1) is 25.4. The fourth-order valence-corrected chi connectivity index (χ4v) is 5.34. The van der Waals surface area contributed by atoms with Crippen molar-refractivity contribution in [2.24, 2.45) is 0 Å². The molecule has 0 N–H and O–H groups in total. The lowest BCUT2D eigenvalue weighted by Crippen LogP contribution is -2.20. The molecule has 5 rings (SSSR count). The Bertz CT molecular complexity index is 1030. The van der Waals surface area contributed by atoms with Crippen LogP contribution in [0.4, 0.5) is 0 Å². The van der Waals surface area contributed by atoms with Crippen LogP contribution >= 0.6 is 0 Å². The van der Waals surface area contributed by atoms with Crippen molar-refractivity contribution in [3.8, 4) is 11.5 Å². The van der Waals surface area contributed by atoms with Crippen LogP contribution in [-0.4, -0.2) is 38.6 Å². The van der Waals surface area contributed by atoms with Gasteiger partial charge in [-0.3, -0.25) is 0 Å². The van der Waals surface area contributed by atoms with Gasteiger partial charge in [-0.1, -0.05) is 76.4 Å². The first-order valence-corrected chi connectivity index (χ1v) is 13.9. The lowest BCUT2D eigenvalue weighted by Gasteiger charge is -2.30. The van der Waals surface area contributed by atoms with Crippen molar-refractivity contribution in [3.63, 3.8) is 0 Å². The lowest BCUT2D eigenvalue weighted by molar-refractivity contribution is 0.255. The number of para-hydroxylation sites is 1. The van der Waals surface area contributed by atoms with E-state index in [0.29, 0.717) is 19.1 Å². The number of hydrogen-bond acceptors (Lipinski definition) is 4. The number of unbranched alkanes of at least 4 members (excludes halogenated alkanes) is 2. The molecule has 2 saturated heterocycles. The summed E-state index contributed by atoms with van der Waals surface area (Å²) in [4.78, 5) is 0. The van der Waals surface area contributed by atoms with Crippen molar-refractivity contribution in [3.05, 3.63) is 65.2 Å². The second-order valence-electron chi connectivity index (χ2n) is 11.3. The van der Waals surface area contributed by atoms with Crippen LogP contribution in [0.3, 0.4) is 0 Å². The zero-order valence-electron chi connectivity index (χ0n) is 22.3. The summed E-state index contributed by atoms with van der Waals surface area (Å²) in [5.74, 6) is 2.56. The number of epoxide rings is 2. The normalized spacial score (nSPS) is 23.2. The Hall–Kier alpha value is -2.30. The SMILES string of the molecule is CCCCCC(C)(C)c1cccc(C2=CCC(c3ccc(OCC4CO4)cc3)CC2)c1OCC1CO1. The Balaban J connectivity index is 1.31. The minimum absolute atomic E-state index is 0.0815. The smallest absolute Gasteiger partial charge is 0.130 e. The van der Waals surface area contributed by atoms with Gasteiger partial charge in [0.05, 0.1) is 13.2 Å². The van der Waals surface area contributed by atoms with Crippen LogP contribution in [0, 0.1) is 0 Å². The molecule has 2 aromatic rings. The Morgan fingerprint density at radius 3 is 2.28 bits per heavy atom. The van der Waals surface area contributed by atoms with Gasteiger partial charge in [0.2, 0.25) is 0 Å². The van der Waals surface area contributed by atoms with Gasteiger partial charge in [-0.25, -0.2) is 0 Å². The molecule has 3 aliphatic rings. The molecule has 4 heteroatoms. The van der Waals surface area contributed by atoms with Gasteiger partial charge in [0.15, 0.2) is 0 Å². The molecule has 0 radical (unpaired) electrons. The number of rotatable bonds is 13. The molecule has 3 atom stereocenters. The maximum absolute atomic E-state index is 6.52. The van der Waals surface area contributed by atoms with Crippen molar-refractivity contribution >= 4 is 5.57 Å². The van der Waals surface area contributed by atoms with Gasteiger partial charge in [-0.15, -0.1) is 0 Å². The highest BCUT2D eigenvalue weighted by Gasteiger charge is 2.30. The minimum Gasteiger partial charge on any atom is -0.491 e. The van der Waals surface area contributed by atoms with Crippen LogP contribution in [0.15, 0.2) is 48.5 Å². The monoisotopic (exact) mass is 490 g/mol. The van der Waals surface area contributed by atoms with E-state index in [4.69, 9.17) is 18.9 Å². The lowest BCUT2D eigenvalue weighted by atomic mass is 9.77. The van der Waals surface area contributed by atoms with Crippen LogP contribution in [0.2, 0.25) is 0 Å². The second kappa shape index (κ2) is 11.4. The molecule has 1 aliphatic carbocycles. The maximum Gasteiger partial charge on any atom is 0.130 e. The number of benzene rings is 2. The Morgan fingerprint density at radius 2 is 1.64 bits per heavy atom. The van der Waals surface area contributed by atoms with E-state index in [9.17, 15) is 0 Å². The fourth-order valence-electron chi connectivity index (χ4n) is 5.34. The highest BCUT2D eigenvalue weighted by molar-refractivity contribution is 5.73. The zero-order valence-corrected chi connectivity index (χ0v) is 22.3. The molecular weight excluding hydrogens is 448 g/mol. The van der Waals surface area contributed by atoms with E-state index < -0.39 is 0 Å². The summed E-state index contributed by atoms with van der Waals surface area (Å²) < 4.78 is 23.0. The summed E-state index contributed by atoms with van der Waals surface area (Å²) in [6.45, 7) is 9.96. The molecule has 3 unspecified atom stereocenters. The first-order valence-electron chi connectivity index (χ1n) is 13.9. The van der Waals surface area contributed by atoms with E-state index >= 15 is 0 Å². The van der Waals surface area contributed by atoms with Crippen molar-refractivity contribution in [2.75, 3.05) is 26.4 Å². The predicted octanol–water partition coefficient (Wildman–Crippen LogP) is 7.45. The van der Waals surface area contributed by atoms with Gasteiger partial charge in [0, 0.05) is 11.1 Å². The molecule has 0 bridgehead atoms. The summed E-state index contributed by atoms with van der Waals surface area (Å²) in [5.41, 5.74) is 5.52. The molecule has 0 aromatic heterocycles. The van der Waals surface area contributed by atoms with E-state index in [-0.39, 0.29) is 17.6 Å². The van der Waals surface area contributed by atoms with Crippen LogP contribution in [-0.2, 0) is 14.9 Å². The Morgan fingerprint density at radius 1 is 0.917 bits per heavy atom. The van der Waals surface area contributed by atoms with E-state index in [1.807, 2.05) is 0 Å². The first-order chi connectivity index (χ1) is 17.5. The van der Waals surface area contributed by atoms with Crippen molar-refractivity contribution < 1.29 is 18.9 Å². The van der Waals surface area contributed by atoms with Gasteiger partial charge in [-0.2, -0.15) is 0 Å². The number of ether oxygens (including phenoxy) is 4. The average molecular weight is 491 g/mol. The molecule has 0 amide bonds. The van der Waals surface area contributed by atoms with Gasteiger partial charge < -0.3 is 18.9 Å². The maximum atomic E-state index is 6.52. The van der Waals surface area contributed by atoms with Crippen molar-refractivity contribution in [2.45, 2.75) is 89.3 Å². The Labute approximate surface area is 217 Å². The zero-order chi connectivity index (χ0) is 25.0.